The molecule has 152 valence electrons. The second-order valence-corrected chi connectivity index (χ2v) is 8.02. The molecule has 0 aromatic heterocycles. The van der Waals surface area contributed by atoms with Gasteiger partial charge in [-0.25, -0.2) is 0 Å². The maximum absolute atomic E-state index is 11.6. The molecular weight excluding hydrogens is 334 g/mol. The van der Waals surface area contributed by atoms with Crippen LogP contribution in [0.3, 0.4) is 0 Å². The lowest BCUT2D eigenvalue weighted by Gasteiger charge is -2.08. The molecule has 0 aliphatic heterocycles. The first-order valence-corrected chi connectivity index (χ1v) is 11.3. The van der Waals surface area contributed by atoms with Crippen LogP contribution in [-0.4, -0.2) is 19.1 Å². The van der Waals surface area contributed by atoms with Gasteiger partial charge in [-0.15, -0.1) is 0 Å². The molecule has 1 aliphatic rings. The molecular formula is C24H39NO2. The Hall–Kier alpha value is -1.51. The first-order valence-electron chi connectivity index (χ1n) is 11.3. The van der Waals surface area contributed by atoms with Crippen LogP contribution in [0, 0.1) is 5.92 Å². The van der Waals surface area contributed by atoms with E-state index in [-0.39, 0.29) is 5.97 Å². The van der Waals surface area contributed by atoms with Crippen LogP contribution in [0.15, 0.2) is 24.3 Å². The van der Waals surface area contributed by atoms with E-state index < -0.39 is 0 Å². The number of carbonyl (C=O) groups is 1. The van der Waals surface area contributed by atoms with Crippen molar-refractivity contribution >= 4 is 11.7 Å². The van der Waals surface area contributed by atoms with Gasteiger partial charge in [0.05, 0.1) is 13.0 Å². The summed E-state index contributed by atoms with van der Waals surface area (Å²) in [6, 6.07) is 8.10. The zero-order valence-corrected chi connectivity index (χ0v) is 17.3. The van der Waals surface area contributed by atoms with E-state index in [4.69, 9.17) is 4.74 Å². The zero-order chi connectivity index (χ0) is 19.2. The Kier molecular flexibility index (Phi) is 11.0. The minimum absolute atomic E-state index is 0.155. The molecule has 0 radical (unpaired) electrons. The number of hydrogen-bond acceptors (Lipinski definition) is 3. The summed E-state index contributed by atoms with van der Waals surface area (Å²) in [6.07, 6.45) is 17.3. The van der Waals surface area contributed by atoms with Crippen LogP contribution in [-0.2, 0) is 16.0 Å². The van der Waals surface area contributed by atoms with Crippen LogP contribution in [0.5, 0.6) is 0 Å². The predicted molar refractivity (Wildman–Crippen MR) is 114 cm³/mol. The van der Waals surface area contributed by atoms with Gasteiger partial charge in [0.2, 0.25) is 0 Å². The van der Waals surface area contributed by atoms with Crippen molar-refractivity contribution in [2.75, 3.05) is 18.5 Å². The molecule has 27 heavy (non-hydrogen) atoms. The van der Waals surface area contributed by atoms with Crippen molar-refractivity contribution in [2.24, 2.45) is 5.92 Å². The number of anilines is 1. The Labute approximate surface area is 166 Å². The largest absolute Gasteiger partial charge is 0.466 e. The highest BCUT2D eigenvalue weighted by molar-refractivity contribution is 5.73. The molecule has 0 amide bonds. The van der Waals surface area contributed by atoms with Crippen molar-refractivity contribution in [3.8, 4) is 0 Å². The second kappa shape index (κ2) is 13.6. The highest BCUT2D eigenvalue weighted by atomic mass is 16.5. The summed E-state index contributed by atoms with van der Waals surface area (Å²) in [4.78, 5) is 11.6. The fourth-order valence-electron chi connectivity index (χ4n) is 3.60. The molecule has 0 atom stereocenters. The summed E-state index contributed by atoms with van der Waals surface area (Å²) in [5.74, 6) is 0.955. The first kappa shape index (κ1) is 21.8. The number of unbranched alkanes of at least 4 members (excludes halogenated alkanes) is 8. The SMILES string of the molecule is CCOC(=O)Cc1cccc(NCCCCCCCCCCCC2CC2)c1. The van der Waals surface area contributed by atoms with Gasteiger partial charge in [-0.3, -0.25) is 4.79 Å². The van der Waals surface area contributed by atoms with Crippen LogP contribution >= 0.6 is 0 Å². The van der Waals surface area contributed by atoms with Crippen LogP contribution < -0.4 is 5.32 Å². The maximum Gasteiger partial charge on any atom is 0.310 e. The summed E-state index contributed by atoms with van der Waals surface area (Å²) in [6.45, 7) is 3.28. The molecule has 1 fully saturated rings. The van der Waals surface area contributed by atoms with Crippen LogP contribution in [0.2, 0.25) is 0 Å². The van der Waals surface area contributed by atoms with Gasteiger partial charge in [0.25, 0.3) is 0 Å². The molecule has 1 aliphatic carbocycles. The molecule has 0 saturated heterocycles. The molecule has 2 rings (SSSR count). The van der Waals surface area contributed by atoms with Crippen molar-refractivity contribution < 1.29 is 9.53 Å². The third-order valence-corrected chi connectivity index (χ3v) is 5.40. The van der Waals surface area contributed by atoms with Gasteiger partial charge >= 0.3 is 5.97 Å². The molecule has 1 saturated carbocycles. The minimum atomic E-state index is -0.155. The van der Waals surface area contributed by atoms with Crippen molar-refractivity contribution in [1.82, 2.24) is 0 Å². The van der Waals surface area contributed by atoms with Gasteiger partial charge in [-0.1, -0.05) is 82.8 Å². The van der Waals surface area contributed by atoms with Crippen molar-refractivity contribution in [3.05, 3.63) is 29.8 Å². The Morgan fingerprint density at radius 3 is 2.33 bits per heavy atom. The number of carbonyl (C=O) groups excluding carboxylic acids is 1. The summed E-state index contributed by atoms with van der Waals surface area (Å²) >= 11 is 0. The van der Waals surface area contributed by atoms with E-state index in [0.29, 0.717) is 13.0 Å². The molecule has 0 spiro atoms. The van der Waals surface area contributed by atoms with Crippen LogP contribution in [0.4, 0.5) is 5.69 Å². The Morgan fingerprint density at radius 1 is 1.00 bits per heavy atom. The lowest BCUT2D eigenvalue weighted by atomic mass is 10.1. The molecule has 1 N–H and O–H groups in total. The minimum Gasteiger partial charge on any atom is -0.466 e. The number of rotatable bonds is 16. The molecule has 0 bridgehead atoms. The van der Waals surface area contributed by atoms with E-state index >= 15 is 0 Å². The molecule has 3 heteroatoms. The average Bonchev–Trinajstić information content (AvgIpc) is 3.47. The van der Waals surface area contributed by atoms with Gasteiger partial charge in [-0.05, 0) is 37.0 Å². The number of ether oxygens (including phenoxy) is 1. The summed E-state index contributed by atoms with van der Waals surface area (Å²) in [7, 11) is 0. The lowest BCUT2D eigenvalue weighted by molar-refractivity contribution is -0.142. The fourth-order valence-corrected chi connectivity index (χ4v) is 3.60. The third kappa shape index (κ3) is 11.0. The van der Waals surface area contributed by atoms with Gasteiger partial charge < -0.3 is 10.1 Å². The monoisotopic (exact) mass is 373 g/mol. The normalized spacial score (nSPS) is 13.5. The highest BCUT2D eigenvalue weighted by Crippen LogP contribution is 2.34. The predicted octanol–water partition coefficient (Wildman–Crippen LogP) is 6.52. The van der Waals surface area contributed by atoms with E-state index in [2.05, 4.69) is 17.4 Å². The highest BCUT2D eigenvalue weighted by Gasteiger charge is 2.19. The standard InChI is InChI=1S/C24H39NO2/c1-2-27-24(26)20-22-14-12-15-23(19-22)25-18-11-9-7-5-3-4-6-8-10-13-21-16-17-21/h12,14-15,19,21,25H,2-11,13,16-18,20H2,1H3. The number of hydrogen-bond donors (Lipinski definition) is 1. The molecule has 0 unspecified atom stereocenters. The smallest absolute Gasteiger partial charge is 0.310 e. The number of esters is 1. The number of nitrogens with one attached hydrogen (secondary N) is 1. The summed E-state index contributed by atoms with van der Waals surface area (Å²) in [5.41, 5.74) is 2.11. The van der Waals surface area contributed by atoms with E-state index in [1.54, 1.807) is 0 Å². The van der Waals surface area contributed by atoms with Crippen molar-refractivity contribution in [2.45, 2.75) is 90.4 Å². The van der Waals surface area contributed by atoms with E-state index in [9.17, 15) is 4.79 Å². The maximum atomic E-state index is 11.6. The van der Waals surface area contributed by atoms with Crippen molar-refractivity contribution in [3.63, 3.8) is 0 Å². The van der Waals surface area contributed by atoms with Crippen LogP contribution in [0.25, 0.3) is 0 Å². The Bertz CT molecular complexity index is 525. The average molecular weight is 374 g/mol. The van der Waals surface area contributed by atoms with Gasteiger partial charge in [0.15, 0.2) is 0 Å². The van der Waals surface area contributed by atoms with Crippen molar-refractivity contribution in [1.29, 1.82) is 0 Å². The van der Waals surface area contributed by atoms with E-state index in [0.717, 1.165) is 23.7 Å². The Balaban J connectivity index is 1.41. The topological polar surface area (TPSA) is 38.3 Å². The molecule has 3 nitrogen and oxygen atoms in total. The van der Waals surface area contributed by atoms with E-state index in [1.807, 2.05) is 19.1 Å². The van der Waals surface area contributed by atoms with Gasteiger partial charge in [0, 0.05) is 12.2 Å². The lowest BCUT2D eigenvalue weighted by Crippen LogP contribution is -2.08. The third-order valence-electron chi connectivity index (χ3n) is 5.40. The summed E-state index contributed by atoms with van der Waals surface area (Å²) in [5, 5.41) is 3.48. The molecule has 1 aromatic rings. The molecule has 0 heterocycles. The van der Waals surface area contributed by atoms with Crippen LogP contribution in [0.1, 0.15) is 89.5 Å². The fraction of sp³-hybridized carbons (Fsp3) is 0.708. The molecule has 1 aromatic carbocycles. The van der Waals surface area contributed by atoms with E-state index in [1.165, 1.54) is 77.0 Å². The number of benzene rings is 1. The van der Waals surface area contributed by atoms with Gasteiger partial charge in [-0.2, -0.15) is 0 Å². The quantitative estimate of drug-likeness (QED) is 0.265. The Morgan fingerprint density at radius 2 is 1.67 bits per heavy atom. The first-order chi connectivity index (χ1) is 13.3. The summed E-state index contributed by atoms with van der Waals surface area (Å²) < 4.78 is 5.01. The second-order valence-electron chi connectivity index (χ2n) is 8.02. The zero-order valence-electron chi connectivity index (χ0n) is 17.3. The van der Waals surface area contributed by atoms with Gasteiger partial charge in [0.1, 0.15) is 0 Å².